The summed E-state index contributed by atoms with van der Waals surface area (Å²) in [5, 5.41) is 13.1. The van der Waals surface area contributed by atoms with Gasteiger partial charge in [-0.05, 0) is 12.5 Å². The van der Waals surface area contributed by atoms with Crippen molar-refractivity contribution in [2.45, 2.75) is 13.3 Å². The molecule has 2 N–H and O–H groups in total. The van der Waals surface area contributed by atoms with Gasteiger partial charge in [-0.2, -0.15) is 4.98 Å². The summed E-state index contributed by atoms with van der Waals surface area (Å²) in [5.74, 6) is 1.49. The molecule has 18 heavy (non-hydrogen) atoms. The van der Waals surface area contributed by atoms with Crippen LogP contribution in [-0.4, -0.2) is 42.3 Å². The number of aryl methyl sites for hydroxylation is 1. The van der Waals surface area contributed by atoms with Gasteiger partial charge in [0.05, 0.1) is 12.0 Å². The third kappa shape index (κ3) is 2.39. The smallest absolute Gasteiger partial charge is 0.225 e. The number of hydrogen-bond donors (Lipinski definition) is 2. The maximum atomic E-state index is 9.05. The number of rotatable bonds is 5. The van der Waals surface area contributed by atoms with Crippen LogP contribution in [0.25, 0.3) is 10.2 Å². The molecule has 0 bridgehead atoms. The normalized spacial score (nSPS) is 10.9. The Bertz CT molecular complexity index is 540. The number of nitrogens with one attached hydrogen (secondary N) is 1. The van der Waals surface area contributed by atoms with Gasteiger partial charge in [0.1, 0.15) is 10.6 Å². The molecular formula is C12H18N4OS. The Morgan fingerprint density at radius 3 is 2.83 bits per heavy atom. The van der Waals surface area contributed by atoms with Crippen molar-refractivity contribution in [2.75, 3.05) is 37.5 Å². The van der Waals surface area contributed by atoms with E-state index in [-0.39, 0.29) is 6.61 Å². The van der Waals surface area contributed by atoms with Gasteiger partial charge >= 0.3 is 0 Å². The van der Waals surface area contributed by atoms with Crippen molar-refractivity contribution in [3.05, 3.63) is 10.9 Å². The molecule has 0 fully saturated rings. The van der Waals surface area contributed by atoms with E-state index in [4.69, 9.17) is 5.11 Å². The van der Waals surface area contributed by atoms with Crippen LogP contribution in [0.15, 0.2) is 6.07 Å². The van der Waals surface area contributed by atoms with E-state index in [9.17, 15) is 0 Å². The number of hydrogen-bond acceptors (Lipinski definition) is 6. The summed E-state index contributed by atoms with van der Waals surface area (Å²) < 4.78 is 0. The average molecular weight is 266 g/mol. The molecule has 2 rings (SSSR count). The Hall–Kier alpha value is -1.40. The number of aromatic nitrogens is 2. The highest BCUT2D eigenvalue weighted by Crippen LogP contribution is 2.31. The number of aliphatic hydroxyl groups excluding tert-OH is 1. The van der Waals surface area contributed by atoms with Gasteiger partial charge in [-0.3, -0.25) is 0 Å². The first-order valence-electron chi connectivity index (χ1n) is 5.99. The van der Waals surface area contributed by atoms with Crippen molar-refractivity contribution >= 4 is 33.3 Å². The summed E-state index contributed by atoms with van der Waals surface area (Å²) in [6.45, 7) is 2.81. The van der Waals surface area contributed by atoms with Crippen LogP contribution in [-0.2, 0) is 6.42 Å². The minimum absolute atomic E-state index is 0.113. The molecule has 2 aromatic rings. The summed E-state index contributed by atoms with van der Waals surface area (Å²) >= 11 is 1.70. The van der Waals surface area contributed by atoms with Gasteiger partial charge in [-0.1, -0.05) is 6.92 Å². The Balaban J connectivity index is 2.56. The Kier molecular flexibility index (Phi) is 3.98. The molecule has 0 saturated heterocycles. The molecule has 0 saturated carbocycles. The van der Waals surface area contributed by atoms with Gasteiger partial charge < -0.3 is 15.3 Å². The highest BCUT2D eigenvalue weighted by molar-refractivity contribution is 7.18. The molecule has 6 heteroatoms. The standard InChI is InChI=1S/C12H18N4OS/c1-4-8-7-9-10(16(3)5-6-17)14-12(13-2)15-11(9)18-8/h7,17H,4-6H2,1-3H3,(H,13,14,15). The van der Waals surface area contributed by atoms with E-state index in [0.717, 1.165) is 22.5 Å². The number of aliphatic hydroxyl groups is 1. The molecule has 0 aliphatic heterocycles. The molecule has 98 valence electrons. The predicted octanol–water partition coefficient (Wildman–Crippen LogP) is 1.72. The molecular weight excluding hydrogens is 248 g/mol. The lowest BCUT2D eigenvalue weighted by Crippen LogP contribution is -2.22. The summed E-state index contributed by atoms with van der Waals surface area (Å²) in [5.41, 5.74) is 0. The van der Waals surface area contributed by atoms with Gasteiger partial charge in [0.15, 0.2) is 0 Å². The third-order valence-electron chi connectivity index (χ3n) is 2.79. The number of anilines is 2. The lowest BCUT2D eigenvalue weighted by molar-refractivity contribution is 0.304. The summed E-state index contributed by atoms with van der Waals surface area (Å²) in [7, 11) is 3.74. The molecule has 0 amide bonds. The summed E-state index contributed by atoms with van der Waals surface area (Å²) in [6.07, 6.45) is 0.999. The monoisotopic (exact) mass is 266 g/mol. The van der Waals surface area contributed by atoms with E-state index >= 15 is 0 Å². The maximum Gasteiger partial charge on any atom is 0.225 e. The van der Waals surface area contributed by atoms with Crippen LogP contribution >= 0.6 is 11.3 Å². The lowest BCUT2D eigenvalue weighted by Gasteiger charge is -2.18. The maximum absolute atomic E-state index is 9.05. The van der Waals surface area contributed by atoms with Gasteiger partial charge in [-0.25, -0.2) is 4.98 Å². The first-order chi connectivity index (χ1) is 8.69. The molecule has 0 aliphatic rings. The molecule has 0 unspecified atom stereocenters. The zero-order valence-corrected chi connectivity index (χ0v) is 11.7. The molecule has 0 atom stereocenters. The van der Waals surface area contributed by atoms with Crippen molar-refractivity contribution in [1.29, 1.82) is 0 Å². The van der Waals surface area contributed by atoms with E-state index in [2.05, 4.69) is 28.3 Å². The van der Waals surface area contributed by atoms with E-state index in [0.29, 0.717) is 12.5 Å². The second-order valence-corrected chi connectivity index (χ2v) is 5.17. The number of nitrogens with zero attached hydrogens (tertiary/aromatic N) is 3. The van der Waals surface area contributed by atoms with Crippen LogP contribution in [0, 0.1) is 0 Å². The second-order valence-electron chi connectivity index (χ2n) is 4.05. The molecule has 2 aromatic heterocycles. The fraction of sp³-hybridized carbons (Fsp3) is 0.500. The van der Waals surface area contributed by atoms with Crippen LogP contribution in [0.2, 0.25) is 0 Å². The van der Waals surface area contributed by atoms with Crippen molar-refractivity contribution < 1.29 is 5.11 Å². The fourth-order valence-corrected chi connectivity index (χ4v) is 2.75. The van der Waals surface area contributed by atoms with Gasteiger partial charge in [0.25, 0.3) is 0 Å². The van der Waals surface area contributed by atoms with Crippen LogP contribution < -0.4 is 10.2 Å². The zero-order chi connectivity index (χ0) is 13.1. The van der Waals surface area contributed by atoms with E-state index in [1.54, 1.807) is 11.3 Å². The topological polar surface area (TPSA) is 61.3 Å². The van der Waals surface area contributed by atoms with Gasteiger partial charge in [0.2, 0.25) is 5.95 Å². The predicted molar refractivity (Wildman–Crippen MR) is 76.7 cm³/mol. The van der Waals surface area contributed by atoms with Crippen LogP contribution in [0.4, 0.5) is 11.8 Å². The molecule has 0 aromatic carbocycles. The SMILES string of the molecule is CCc1cc2c(N(C)CCO)nc(NC)nc2s1. The van der Waals surface area contributed by atoms with Crippen LogP contribution in [0.5, 0.6) is 0 Å². The highest BCUT2D eigenvalue weighted by Gasteiger charge is 2.13. The van der Waals surface area contributed by atoms with Crippen molar-refractivity contribution in [2.24, 2.45) is 0 Å². The number of thiophene rings is 1. The van der Waals surface area contributed by atoms with Crippen LogP contribution in [0.3, 0.4) is 0 Å². The lowest BCUT2D eigenvalue weighted by atomic mass is 10.3. The Morgan fingerprint density at radius 1 is 1.44 bits per heavy atom. The Morgan fingerprint density at radius 2 is 2.22 bits per heavy atom. The minimum Gasteiger partial charge on any atom is -0.395 e. The summed E-state index contributed by atoms with van der Waals surface area (Å²) in [4.78, 5) is 13.2. The zero-order valence-electron chi connectivity index (χ0n) is 10.9. The second kappa shape index (κ2) is 5.49. The van der Waals surface area contributed by atoms with E-state index < -0.39 is 0 Å². The molecule has 0 radical (unpaired) electrons. The molecule has 2 heterocycles. The van der Waals surface area contributed by atoms with Crippen LogP contribution in [0.1, 0.15) is 11.8 Å². The quantitative estimate of drug-likeness (QED) is 0.863. The summed E-state index contributed by atoms with van der Waals surface area (Å²) in [6, 6.07) is 2.14. The fourth-order valence-electron chi connectivity index (χ4n) is 1.79. The van der Waals surface area contributed by atoms with Crippen molar-refractivity contribution in [1.82, 2.24) is 9.97 Å². The van der Waals surface area contributed by atoms with E-state index in [1.807, 2.05) is 19.0 Å². The molecule has 0 spiro atoms. The highest BCUT2D eigenvalue weighted by atomic mass is 32.1. The number of likely N-dealkylation sites (N-methyl/N-ethyl adjacent to an activating group) is 1. The van der Waals surface area contributed by atoms with Gasteiger partial charge in [0, 0.05) is 25.5 Å². The largest absolute Gasteiger partial charge is 0.395 e. The van der Waals surface area contributed by atoms with E-state index in [1.165, 1.54) is 4.88 Å². The molecule has 0 aliphatic carbocycles. The Labute approximate surface area is 110 Å². The first-order valence-corrected chi connectivity index (χ1v) is 6.81. The number of fused-ring (bicyclic) bond motifs is 1. The van der Waals surface area contributed by atoms with Crippen molar-refractivity contribution in [3.63, 3.8) is 0 Å². The minimum atomic E-state index is 0.113. The molecule has 5 nitrogen and oxygen atoms in total. The average Bonchev–Trinajstić information content (AvgIpc) is 2.80. The van der Waals surface area contributed by atoms with Gasteiger partial charge in [-0.15, -0.1) is 11.3 Å². The third-order valence-corrected chi connectivity index (χ3v) is 3.97. The first kappa shape index (κ1) is 13.0. The van der Waals surface area contributed by atoms with Crippen molar-refractivity contribution in [3.8, 4) is 0 Å².